The maximum absolute atomic E-state index is 12.8. The molecule has 0 aliphatic rings. The molecule has 0 amide bonds. The summed E-state index contributed by atoms with van der Waals surface area (Å²) < 4.78 is 72.0. The number of ether oxygens (including phenoxy) is 2. The Kier molecular flexibility index (Phi) is 6.45. The highest BCUT2D eigenvalue weighted by Gasteiger charge is 2.58. The normalized spacial score (nSPS) is 12.1. The van der Waals surface area contributed by atoms with E-state index >= 15 is 0 Å². The molecule has 26 heavy (non-hydrogen) atoms. The van der Waals surface area contributed by atoms with Gasteiger partial charge in [-0.25, -0.2) is 0 Å². The molecule has 0 fully saturated rings. The van der Waals surface area contributed by atoms with Crippen molar-refractivity contribution in [2.45, 2.75) is 31.9 Å². The SMILES string of the molecule is CCCOc1ccc(Cc2ccc(OCC(F)(F)C(F)(F)F)cc2)cc1. The maximum atomic E-state index is 12.8. The topological polar surface area (TPSA) is 18.5 Å². The van der Waals surface area contributed by atoms with Crippen molar-refractivity contribution in [1.29, 1.82) is 0 Å². The van der Waals surface area contributed by atoms with Gasteiger partial charge in [0.2, 0.25) is 0 Å². The van der Waals surface area contributed by atoms with Gasteiger partial charge < -0.3 is 9.47 Å². The molecule has 0 atom stereocenters. The third kappa shape index (κ3) is 5.61. The minimum absolute atomic E-state index is 0.0408. The summed E-state index contributed by atoms with van der Waals surface area (Å²) in [5, 5.41) is 0. The monoisotopic (exact) mass is 374 g/mol. The first-order chi connectivity index (χ1) is 12.2. The Morgan fingerprint density at radius 1 is 0.731 bits per heavy atom. The number of hydrogen-bond donors (Lipinski definition) is 0. The number of halogens is 5. The van der Waals surface area contributed by atoms with Gasteiger partial charge in [0, 0.05) is 0 Å². The van der Waals surface area contributed by atoms with Crippen molar-refractivity contribution >= 4 is 0 Å². The van der Waals surface area contributed by atoms with Crippen molar-refractivity contribution in [1.82, 2.24) is 0 Å². The van der Waals surface area contributed by atoms with E-state index in [-0.39, 0.29) is 5.75 Å². The molecule has 7 heteroatoms. The third-order valence-electron chi connectivity index (χ3n) is 3.56. The van der Waals surface area contributed by atoms with Crippen molar-refractivity contribution in [3.05, 3.63) is 59.7 Å². The molecule has 0 saturated heterocycles. The molecule has 0 heterocycles. The zero-order valence-corrected chi connectivity index (χ0v) is 14.2. The van der Waals surface area contributed by atoms with Gasteiger partial charge in [0.05, 0.1) is 6.61 Å². The van der Waals surface area contributed by atoms with Crippen LogP contribution < -0.4 is 9.47 Å². The van der Waals surface area contributed by atoms with Crippen molar-refractivity contribution in [3.8, 4) is 11.5 Å². The fourth-order valence-corrected chi connectivity index (χ4v) is 2.12. The van der Waals surface area contributed by atoms with Gasteiger partial charge >= 0.3 is 12.1 Å². The maximum Gasteiger partial charge on any atom is 0.456 e. The summed E-state index contributed by atoms with van der Waals surface area (Å²) in [4.78, 5) is 0. The average molecular weight is 374 g/mol. The Morgan fingerprint density at radius 3 is 1.62 bits per heavy atom. The van der Waals surface area contributed by atoms with Gasteiger partial charge in [-0.15, -0.1) is 0 Å². The smallest absolute Gasteiger partial charge is 0.456 e. The van der Waals surface area contributed by atoms with Crippen LogP contribution in [0, 0.1) is 0 Å². The Morgan fingerprint density at radius 2 is 1.19 bits per heavy atom. The van der Waals surface area contributed by atoms with E-state index in [1.54, 1.807) is 12.1 Å². The van der Waals surface area contributed by atoms with Crippen LogP contribution in [0.4, 0.5) is 22.0 Å². The summed E-state index contributed by atoms with van der Waals surface area (Å²) in [6.07, 6.45) is -4.11. The van der Waals surface area contributed by atoms with Gasteiger partial charge in [-0.05, 0) is 48.2 Å². The zero-order valence-electron chi connectivity index (χ0n) is 14.2. The molecule has 2 aromatic carbocycles. The molecular formula is C19H19F5O2. The van der Waals surface area contributed by atoms with E-state index in [1.165, 1.54) is 12.1 Å². The minimum atomic E-state index is -5.63. The lowest BCUT2D eigenvalue weighted by Gasteiger charge is -2.19. The molecule has 0 spiro atoms. The van der Waals surface area contributed by atoms with E-state index in [1.807, 2.05) is 31.2 Å². The van der Waals surface area contributed by atoms with E-state index in [0.29, 0.717) is 13.0 Å². The van der Waals surface area contributed by atoms with E-state index in [2.05, 4.69) is 4.74 Å². The van der Waals surface area contributed by atoms with Gasteiger partial charge in [0.15, 0.2) is 6.61 Å². The number of hydrogen-bond acceptors (Lipinski definition) is 2. The third-order valence-corrected chi connectivity index (χ3v) is 3.56. The first kappa shape index (κ1) is 20.0. The lowest BCUT2D eigenvalue weighted by molar-refractivity contribution is -0.290. The Hall–Kier alpha value is -2.31. The molecule has 2 nitrogen and oxygen atoms in total. The first-order valence-corrected chi connectivity index (χ1v) is 8.09. The van der Waals surface area contributed by atoms with Crippen LogP contribution in [0.1, 0.15) is 24.5 Å². The van der Waals surface area contributed by atoms with Crippen LogP contribution in [0.15, 0.2) is 48.5 Å². The van der Waals surface area contributed by atoms with Gasteiger partial charge in [-0.1, -0.05) is 31.2 Å². The van der Waals surface area contributed by atoms with E-state index < -0.39 is 18.7 Å². The second-order valence-corrected chi connectivity index (χ2v) is 5.80. The molecule has 2 aromatic rings. The van der Waals surface area contributed by atoms with Crippen LogP contribution in [0.3, 0.4) is 0 Å². The summed E-state index contributed by atoms with van der Waals surface area (Å²) in [6, 6.07) is 13.6. The number of alkyl halides is 5. The van der Waals surface area contributed by atoms with Crippen LogP contribution in [0.25, 0.3) is 0 Å². The molecule has 0 aliphatic heterocycles. The zero-order chi connectivity index (χ0) is 19.2. The minimum Gasteiger partial charge on any atom is -0.494 e. The molecule has 2 rings (SSSR count). The standard InChI is InChI=1S/C19H19F5O2/c1-2-11-25-16-7-3-14(4-8-16)12-15-5-9-17(10-6-15)26-13-18(20,21)19(22,23)24/h3-10H,2,11-13H2,1H3. The summed E-state index contributed by atoms with van der Waals surface area (Å²) in [5.41, 5.74) is 1.90. The predicted octanol–water partition coefficient (Wildman–Crippen LogP) is 5.64. The molecule has 0 aliphatic carbocycles. The molecular weight excluding hydrogens is 355 g/mol. The quantitative estimate of drug-likeness (QED) is 0.557. The molecule has 0 N–H and O–H groups in total. The summed E-state index contributed by atoms with van der Waals surface area (Å²) >= 11 is 0. The second-order valence-electron chi connectivity index (χ2n) is 5.80. The van der Waals surface area contributed by atoms with Crippen LogP contribution in [-0.2, 0) is 6.42 Å². The van der Waals surface area contributed by atoms with E-state index in [4.69, 9.17) is 4.74 Å². The van der Waals surface area contributed by atoms with Gasteiger partial charge in [0.25, 0.3) is 0 Å². The van der Waals surface area contributed by atoms with Gasteiger partial charge in [-0.2, -0.15) is 22.0 Å². The number of rotatable bonds is 8. The molecule has 0 saturated carbocycles. The first-order valence-electron chi connectivity index (χ1n) is 8.09. The molecule has 0 radical (unpaired) electrons. The molecule has 0 aromatic heterocycles. The fourth-order valence-electron chi connectivity index (χ4n) is 2.12. The lowest BCUT2D eigenvalue weighted by atomic mass is 10.0. The van der Waals surface area contributed by atoms with Crippen molar-refractivity contribution in [2.75, 3.05) is 13.2 Å². The number of benzene rings is 2. The summed E-state index contributed by atoms with van der Waals surface area (Å²) in [6.45, 7) is 0.926. The Balaban J connectivity index is 1.91. The van der Waals surface area contributed by atoms with E-state index in [9.17, 15) is 22.0 Å². The molecule has 0 bridgehead atoms. The van der Waals surface area contributed by atoms with Crippen molar-refractivity contribution < 1.29 is 31.4 Å². The largest absolute Gasteiger partial charge is 0.494 e. The Bertz CT molecular complexity index is 679. The highest BCUT2D eigenvalue weighted by molar-refractivity contribution is 5.34. The fraction of sp³-hybridized carbons (Fsp3) is 0.368. The van der Waals surface area contributed by atoms with Crippen LogP contribution >= 0.6 is 0 Å². The summed E-state index contributed by atoms with van der Waals surface area (Å²) in [7, 11) is 0. The Labute approximate surface area is 148 Å². The van der Waals surface area contributed by atoms with Crippen LogP contribution in [0.2, 0.25) is 0 Å². The highest BCUT2D eigenvalue weighted by atomic mass is 19.4. The van der Waals surface area contributed by atoms with Crippen LogP contribution in [-0.4, -0.2) is 25.3 Å². The molecule has 0 unspecified atom stereocenters. The van der Waals surface area contributed by atoms with Gasteiger partial charge in [-0.3, -0.25) is 0 Å². The van der Waals surface area contributed by atoms with Crippen molar-refractivity contribution in [3.63, 3.8) is 0 Å². The van der Waals surface area contributed by atoms with Gasteiger partial charge in [0.1, 0.15) is 11.5 Å². The predicted molar refractivity (Wildman–Crippen MR) is 88.0 cm³/mol. The summed E-state index contributed by atoms with van der Waals surface area (Å²) in [5.74, 6) is -4.14. The highest BCUT2D eigenvalue weighted by Crippen LogP contribution is 2.35. The van der Waals surface area contributed by atoms with Crippen molar-refractivity contribution in [2.24, 2.45) is 0 Å². The molecule has 142 valence electrons. The lowest BCUT2D eigenvalue weighted by Crippen LogP contribution is -2.41. The second kappa shape index (κ2) is 8.38. The average Bonchev–Trinajstić information content (AvgIpc) is 2.60. The van der Waals surface area contributed by atoms with E-state index in [0.717, 1.165) is 23.3 Å². The van der Waals surface area contributed by atoms with Crippen LogP contribution in [0.5, 0.6) is 11.5 Å².